The van der Waals surface area contributed by atoms with Crippen molar-refractivity contribution in [1.29, 1.82) is 0 Å². The Labute approximate surface area is 95.3 Å². The van der Waals surface area contributed by atoms with Gasteiger partial charge in [-0.3, -0.25) is 9.78 Å². The normalized spacial score (nSPS) is 10.1. The Hall–Kier alpha value is -1.42. The molecule has 0 saturated heterocycles. The van der Waals surface area contributed by atoms with Gasteiger partial charge in [-0.2, -0.15) is 0 Å². The van der Waals surface area contributed by atoms with Crippen molar-refractivity contribution in [2.45, 2.75) is 26.2 Å². The van der Waals surface area contributed by atoms with Gasteiger partial charge in [0.05, 0.1) is 12.8 Å². The first-order chi connectivity index (χ1) is 7.77. The van der Waals surface area contributed by atoms with Crippen LogP contribution in [0, 0.1) is 0 Å². The molecule has 0 radical (unpaired) electrons. The van der Waals surface area contributed by atoms with E-state index in [-0.39, 0.29) is 12.4 Å². The van der Waals surface area contributed by atoms with Gasteiger partial charge in [0.2, 0.25) is 0 Å². The van der Waals surface area contributed by atoms with Crippen molar-refractivity contribution in [3.63, 3.8) is 0 Å². The molecule has 88 valence electrons. The van der Waals surface area contributed by atoms with Crippen molar-refractivity contribution >= 4 is 5.78 Å². The average molecular weight is 223 g/mol. The topological polar surface area (TPSA) is 59.4 Å². The van der Waals surface area contributed by atoms with Gasteiger partial charge >= 0.3 is 0 Å². The lowest BCUT2D eigenvalue weighted by Gasteiger charge is -2.05. The van der Waals surface area contributed by atoms with E-state index in [0.29, 0.717) is 30.8 Å². The van der Waals surface area contributed by atoms with Crippen LogP contribution in [0.25, 0.3) is 0 Å². The lowest BCUT2D eigenvalue weighted by molar-refractivity contribution is 0.0970. The summed E-state index contributed by atoms with van der Waals surface area (Å²) in [6.45, 7) is 2.67. The lowest BCUT2D eigenvalue weighted by atomic mass is 10.1. The van der Waals surface area contributed by atoms with Crippen LogP contribution in [-0.4, -0.2) is 29.1 Å². The Kier molecular flexibility index (Phi) is 5.50. The van der Waals surface area contributed by atoms with E-state index >= 15 is 0 Å². The molecule has 0 aliphatic rings. The Bertz CT molecular complexity index is 339. The van der Waals surface area contributed by atoms with E-state index in [1.807, 2.05) is 6.92 Å². The van der Waals surface area contributed by atoms with Crippen molar-refractivity contribution < 1.29 is 14.6 Å². The monoisotopic (exact) mass is 223 g/mol. The van der Waals surface area contributed by atoms with E-state index in [4.69, 9.17) is 9.84 Å². The van der Waals surface area contributed by atoms with Crippen molar-refractivity contribution in [1.82, 2.24) is 4.98 Å². The van der Waals surface area contributed by atoms with Gasteiger partial charge in [-0.05, 0) is 18.9 Å². The van der Waals surface area contributed by atoms with Crippen molar-refractivity contribution in [2.75, 3.05) is 13.2 Å². The maximum Gasteiger partial charge on any atom is 0.164 e. The number of hydrogen-bond acceptors (Lipinski definition) is 4. The van der Waals surface area contributed by atoms with E-state index < -0.39 is 0 Å². The smallest absolute Gasteiger partial charge is 0.164 e. The summed E-state index contributed by atoms with van der Waals surface area (Å²) in [6.07, 6.45) is 4.87. The minimum Gasteiger partial charge on any atom is -0.492 e. The molecule has 0 aliphatic heterocycles. The van der Waals surface area contributed by atoms with Gasteiger partial charge in [0.1, 0.15) is 5.75 Å². The van der Waals surface area contributed by atoms with E-state index in [0.717, 1.165) is 6.42 Å². The number of hydrogen-bond donors (Lipinski definition) is 1. The molecule has 1 aromatic rings. The van der Waals surface area contributed by atoms with Gasteiger partial charge in [-0.15, -0.1) is 0 Å². The maximum atomic E-state index is 11.6. The molecule has 0 aliphatic carbocycles. The molecule has 0 saturated carbocycles. The highest BCUT2D eigenvalue weighted by Crippen LogP contribution is 2.13. The summed E-state index contributed by atoms with van der Waals surface area (Å²) < 4.78 is 5.39. The molecule has 1 aromatic heterocycles. The summed E-state index contributed by atoms with van der Waals surface area (Å²) >= 11 is 0. The lowest BCUT2D eigenvalue weighted by Crippen LogP contribution is -2.02. The highest BCUT2D eigenvalue weighted by atomic mass is 16.5. The minimum absolute atomic E-state index is 0.0106. The summed E-state index contributed by atoms with van der Waals surface area (Å²) in [5, 5.41) is 8.64. The molecular weight excluding hydrogens is 206 g/mol. The van der Waals surface area contributed by atoms with E-state index in [9.17, 15) is 4.79 Å². The van der Waals surface area contributed by atoms with Crippen LogP contribution in [0.15, 0.2) is 18.5 Å². The fourth-order valence-corrected chi connectivity index (χ4v) is 1.25. The van der Waals surface area contributed by atoms with E-state index in [1.165, 1.54) is 6.20 Å². The van der Waals surface area contributed by atoms with Gasteiger partial charge in [-0.1, -0.05) is 6.92 Å². The molecule has 0 amide bonds. The van der Waals surface area contributed by atoms with Crippen LogP contribution in [0.3, 0.4) is 0 Å². The average Bonchev–Trinajstić information content (AvgIpc) is 2.33. The highest BCUT2D eigenvalue weighted by molar-refractivity contribution is 5.96. The van der Waals surface area contributed by atoms with Crippen molar-refractivity contribution in [3.8, 4) is 5.75 Å². The SMILES string of the molecule is CCCOc1cncc(C(=O)CCCO)c1. The number of aromatic nitrogens is 1. The first kappa shape index (κ1) is 12.6. The molecular formula is C12H17NO3. The number of rotatable bonds is 7. The summed E-state index contributed by atoms with van der Waals surface area (Å²) in [5.41, 5.74) is 0.544. The molecule has 1 N–H and O–H groups in total. The van der Waals surface area contributed by atoms with Crippen LogP contribution in [0.4, 0.5) is 0 Å². The molecule has 0 unspecified atom stereocenters. The molecule has 0 aromatic carbocycles. The number of aliphatic hydroxyl groups is 1. The standard InChI is InChI=1S/C12H17NO3/c1-2-6-16-11-7-10(8-13-9-11)12(15)4-3-5-14/h7-9,14H,2-6H2,1H3. The number of pyridine rings is 1. The predicted octanol–water partition coefficient (Wildman–Crippen LogP) is 1.83. The zero-order chi connectivity index (χ0) is 11.8. The Morgan fingerprint density at radius 2 is 2.31 bits per heavy atom. The van der Waals surface area contributed by atoms with Gasteiger partial charge in [0.15, 0.2) is 5.78 Å². The maximum absolute atomic E-state index is 11.6. The molecule has 0 spiro atoms. The summed E-state index contributed by atoms with van der Waals surface area (Å²) in [7, 11) is 0. The van der Waals surface area contributed by atoms with Gasteiger partial charge in [-0.25, -0.2) is 0 Å². The fraction of sp³-hybridized carbons (Fsp3) is 0.500. The van der Waals surface area contributed by atoms with Gasteiger partial charge in [0, 0.05) is 24.8 Å². The van der Waals surface area contributed by atoms with Crippen molar-refractivity contribution in [2.24, 2.45) is 0 Å². The first-order valence-electron chi connectivity index (χ1n) is 5.49. The third-order valence-corrected chi connectivity index (χ3v) is 2.07. The Morgan fingerprint density at radius 1 is 1.50 bits per heavy atom. The first-order valence-corrected chi connectivity index (χ1v) is 5.49. The summed E-state index contributed by atoms with van der Waals surface area (Å²) in [6, 6.07) is 1.70. The molecule has 0 atom stereocenters. The Morgan fingerprint density at radius 3 is 3.00 bits per heavy atom. The van der Waals surface area contributed by atoms with Crippen LogP contribution in [0.2, 0.25) is 0 Å². The second kappa shape index (κ2) is 6.95. The molecule has 1 heterocycles. The van der Waals surface area contributed by atoms with Crippen LogP contribution in [0.1, 0.15) is 36.5 Å². The highest BCUT2D eigenvalue weighted by Gasteiger charge is 2.07. The Balaban J connectivity index is 2.62. The summed E-state index contributed by atoms with van der Waals surface area (Å²) in [4.78, 5) is 15.6. The zero-order valence-electron chi connectivity index (χ0n) is 9.48. The summed E-state index contributed by atoms with van der Waals surface area (Å²) in [5.74, 6) is 0.611. The molecule has 0 bridgehead atoms. The third-order valence-electron chi connectivity index (χ3n) is 2.07. The van der Waals surface area contributed by atoms with Crippen LogP contribution >= 0.6 is 0 Å². The van der Waals surface area contributed by atoms with E-state index in [2.05, 4.69) is 4.98 Å². The van der Waals surface area contributed by atoms with Crippen LogP contribution in [-0.2, 0) is 0 Å². The zero-order valence-corrected chi connectivity index (χ0v) is 9.48. The second-order valence-electron chi connectivity index (χ2n) is 3.51. The number of ketones is 1. The quantitative estimate of drug-likeness (QED) is 0.716. The number of nitrogens with zero attached hydrogens (tertiary/aromatic N) is 1. The van der Waals surface area contributed by atoms with E-state index in [1.54, 1.807) is 12.3 Å². The minimum atomic E-state index is -0.0106. The third kappa shape index (κ3) is 3.98. The molecule has 4 heteroatoms. The number of aliphatic hydroxyl groups excluding tert-OH is 1. The van der Waals surface area contributed by atoms with Crippen LogP contribution in [0.5, 0.6) is 5.75 Å². The predicted molar refractivity (Wildman–Crippen MR) is 60.7 cm³/mol. The molecule has 16 heavy (non-hydrogen) atoms. The largest absolute Gasteiger partial charge is 0.492 e. The molecule has 0 fully saturated rings. The number of ether oxygens (including phenoxy) is 1. The number of carbonyl (C=O) groups is 1. The number of carbonyl (C=O) groups excluding carboxylic acids is 1. The van der Waals surface area contributed by atoms with Gasteiger partial charge < -0.3 is 9.84 Å². The molecule has 1 rings (SSSR count). The molecule has 4 nitrogen and oxygen atoms in total. The fourth-order valence-electron chi connectivity index (χ4n) is 1.25. The van der Waals surface area contributed by atoms with Crippen molar-refractivity contribution in [3.05, 3.63) is 24.0 Å². The van der Waals surface area contributed by atoms with Gasteiger partial charge in [0.25, 0.3) is 0 Å². The number of Topliss-reactive ketones (excluding diaryl/α,β-unsaturated/α-hetero) is 1. The van der Waals surface area contributed by atoms with Crippen LogP contribution < -0.4 is 4.74 Å². The second-order valence-corrected chi connectivity index (χ2v) is 3.51.